The molecule has 11 heavy (non-hydrogen) atoms. The van der Waals surface area contributed by atoms with Gasteiger partial charge in [0.2, 0.25) is 0 Å². The van der Waals surface area contributed by atoms with Crippen molar-refractivity contribution in [2.75, 3.05) is 7.11 Å². The van der Waals surface area contributed by atoms with Crippen LogP contribution in [0.25, 0.3) is 0 Å². The predicted octanol–water partition coefficient (Wildman–Crippen LogP) is 1.36. The standard InChI is InChI=1S/C5H10F2O3S/c1-3-4-5(6,7)11(8,9)10-2/h3-4H2,1-2H3. The Morgan fingerprint density at radius 2 is 1.91 bits per heavy atom. The van der Waals surface area contributed by atoms with Crippen LogP contribution in [-0.4, -0.2) is 20.8 Å². The lowest BCUT2D eigenvalue weighted by Gasteiger charge is -2.13. The van der Waals surface area contributed by atoms with E-state index in [-0.39, 0.29) is 6.42 Å². The van der Waals surface area contributed by atoms with Crippen molar-refractivity contribution in [3.63, 3.8) is 0 Å². The van der Waals surface area contributed by atoms with Crippen molar-refractivity contribution in [1.29, 1.82) is 0 Å². The number of alkyl halides is 2. The van der Waals surface area contributed by atoms with Crippen LogP contribution in [0, 0.1) is 0 Å². The Kier molecular flexibility index (Phi) is 3.37. The fraction of sp³-hybridized carbons (Fsp3) is 1.00. The second-order valence-electron chi connectivity index (χ2n) is 2.01. The van der Waals surface area contributed by atoms with Crippen LogP contribution in [0.3, 0.4) is 0 Å². The largest absolute Gasteiger partial charge is 0.370 e. The molecule has 0 aliphatic heterocycles. The number of hydrogen-bond acceptors (Lipinski definition) is 3. The molecule has 0 radical (unpaired) electrons. The van der Waals surface area contributed by atoms with E-state index >= 15 is 0 Å². The van der Waals surface area contributed by atoms with E-state index in [4.69, 9.17) is 0 Å². The number of halogens is 2. The van der Waals surface area contributed by atoms with Crippen molar-refractivity contribution in [3.8, 4) is 0 Å². The second-order valence-corrected chi connectivity index (χ2v) is 3.85. The van der Waals surface area contributed by atoms with Gasteiger partial charge in [0.15, 0.2) is 0 Å². The second kappa shape index (κ2) is 3.44. The minimum atomic E-state index is -4.69. The van der Waals surface area contributed by atoms with E-state index < -0.39 is 21.8 Å². The molecule has 0 aliphatic rings. The Labute approximate surface area is 64.5 Å². The fourth-order valence-corrected chi connectivity index (χ4v) is 1.24. The first-order chi connectivity index (χ1) is 4.87. The van der Waals surface area contributed by atoms with E-state index in [0.717, 1.165) is 7.11 Å². The van der Waals surface area contributed by atoms with Gasteiger partial charge < -0.3 is 0 Å². The molecule has 0 atom stereocenters. The highest BCUT2D eigenvalue weighted by atomic mass is 32.2. The third-order valence-electron chi connectivity index (χ3n) is 1.13. The molecule has 3 nitrogen and oxygen atoms in total. The van der Waals surface area contributed by atoms with Crippen LogP contribution >= 0.6 is 0 Å². The lowest BCUT2D eigenvalue weighted by molar-refractivity contribution is 0.0673. The molecular formula is C5H10F2O3S. The Hall–Kier alpha value is -0.230. The van der Waals surface area contributed by atoms with Crippen molar-refractivity contribution < 1.29 is 21.4 Å². The molecule has 6 heteroatoms. The summed E-state index contributed by atoms with van der Waals surface area (Å²) in [5.41, 5.74) is 0. The summed E-state index contributed by atoms with van der Waals surface area (Å²) in [4.78, 5) is 0. The van der Waals surface area contributed by atoms with Crippen LogP contribution < -0.4 is 0 Å². The third-order valence-corrected chi connectivity index (χ3v) is 2.50. The maximum atomic E-state index is 12.5. The highest BCUT2D eigenvalue weighted by Crippen LogP contribution is 2.27. The van der Waals surface area contributed by atoms with E-state index in [2.05, 4.69) is 4.18 Å². The van der Waals surface area contributed by atoms with Gasteiger partial charge in [-0.05, 0) is 6.42 Å². The highest BCUT2D eigenvalue weighted by Gasteiger charge is 2.44. The molecule has 0 heterocycles. The molecule has 68 valence electrons. The molecule has 0 aromatic heterocycles. The van der Waals surface area contributed by atoms with Gasteiger partial charge in [-0.25, -0.2) is 0 Å². The van der Waals surface area contributed by atoms with E-state index in [1.54, 1.807) is 0 Å². The SMILES string of the molecule is CCCC(F)(F)S(=O)(=O)OC. The molecule has 0 aromatic carbocycles. The van der Waals surface area contributed by atoms with Gasteiger partial charge >= 0.3 is 15.4 Å². The monoisotopic (exact) mass is 188 g/mol. The first-order valence-corrected chi connectivity index (χ1v) is 4.46. The van der Waals surface area contributed by atoms with Crippen LogP contribution in [0.15, 0.2) is 0 Å². The van der Waals surface area contributed by atoms with Crippen molar-refractivity contribution >= 4 is 10.1 Å². The van der Waals surface area contributed by atoms with Gasteiger partial charge in [-0.3, -0.25) is 4.18 Å². The van der Waals surface area contributed by atoms with Gasteiger partial charge in [0.05, 0.1) is 7.11 Å². The average molecular weight is 188 g/mol. The van der Waals surface area contributed by atoms with Gasteiger partial charge in [0.1, 0.15) is 0 Å². The Morgan fingerprint density at radius 1 is 1.45 bits per heavy atom. The van der Waals surface area contributed by atoms with Crippen molar-refractivity contribution in [1.82, 2.24) is 0 Å². The molecule has 0 saturated heterocycles. The maximum Gasteiger partial charge on any atom is 0.370 e. The summed E-state index contributed by atoms with van der Waals surface area (Å²) >= 11 is 0. The molecule has 0 saturated carbocycles. The molecule has 0 aromatic rings. The lowest BCUT2D eigenvalue weighted by atomic mass is 10.3. The Morgan fingerprint density at radius 3 is 2.18 bits per heavy atom. The highest BCUT2D eigenvalue weighted by molar-refractivity contribution is 7.87. The topological polar surface area (TPSA) is 43.4 Å². The Balaban J connectivity index is 4.55. The summed E-state index contributed by atoms with van der Waals surface area (Å²) in [5.74, 6) is 0. The zero-order chi connectivity index (χ0) is 9.12. The van der Waals surface area contributed by atoms with Crippen molar-refractivity contribution in [2.24, 2.45) is 0 Å². The summed E-state index contributed by atoms with van der Waals surface area (Å²) < 4.78 is 49.5. The van der Waals surface area contributed by atoms with E-state index in [1.807, 2.05) is 0 Å². The van der Waals surface area contributed by atoms with Crippen LogP contribution in [0.2, 0.25) is 0 Å². The zero-order valence-electron chi connectivity index (χ0n) is 6.30. The minimum absolute atomic E-state index is 0.0928. The molecular weight excluding hydrogens is 178 g/mol. The summed E-state index contributed by atoms with van der Waals surface area (Å²) in [5, 5.41) is -3.75. The van der Waals surface area contributed by atoms with Gasteiger partial charge in [0.25, 0.3) is 0 Å². The maximum absolute atomic E-state index is 12.5. The van der Waals surface area contributed by atoms with Crippen molar-refractivity contribution in [3.05, 3.63) is 0 Å². The van der Waals surface area contributed by atoms with E-state index in [9.17, 15) is 17.2 Å². The lowest BCUT2D eigenvalue weighted by Crippen LogP contribution is -2.29. The first-order valence-electron chi connectivity index (χ1n) is 3.05. The number of rotatable bonds is 4. The Bertz CT molecular complexity index is 210. The summed E-state index contributed by atoms with van der Waals surface area (Å²) in [6.07, 6.45) is -0.612. The summed E-state index contributed by atoms with van der Waals surface area (Å²) in [6, 6.07) is 0. The van der Waals surface area contributed by atoms with Crippen LogP contribution in [0.1, 0.15) is 19.8 Å². The average Bonchev–Trinajstić information content (AvgIpc) is 1.87. The molecule has 0 unspecified atom stereocenters. The minimum Gasteiger partial charge on any atom is -0.269 e. The molecule has 0 N–H and O–H groups in total. The molecule has 0 spiro atoms. The molecule has 0 aliphatic carbocycles. The van der Waals surface area contributed by atoms with Crippen molar-refractivity contribution in [2.45, 2.75) is 25.0 Å². The van der Waals surface area contributed by atoms with E-state index in [0.29, 0.717) is 0 Å². The smallest absolute Gasteiger partial charge is 0.269 e. The van der Waals surface area contributed by atoms with Crippen LogP contribution in [-0.2, 0) is 14.3 Å². The first kappa shape index (κ1) is 10.8. The number of hydrogen-bond donors (Lipinski definition) is 0. The third kappa shape index (κ3) is 2.37. The van der Waals surface area contributed by atoms with Gasteiger partial charge in [-0.2, -0.15) is 17.2 Å². The van der Waals surface area contributed by atoms with E-state index in [1.165, 1.54) is 6.92 Å². The molecule has 0 fully saturated rings. The molecule has 0 amide bonds. The van der Waals surface area contributed by atoms with Gasteiger partial charge in [-0.15, -0.1) is 0 Å². The summed E-state index contributed by atoms with van der Waals surface area (Å²) in [7, 11) is -3.97. The van der Waals surface area contributed by atoms with Gasteiger partial charge in [0, 0.05) is 6.42 Å². The molecule has 0 bridgehead atoms. The van der Waals surface area contributed by atoms with Gasteiger partial charge in [-0.1, -0.05) is 6.92 Å². The van der Waals surface area contributed by atoms with Crippen LogP contribution in [0.5, 0.6) is 0 Å². The zero-order valence-corrected chi connectivity index (χ0v) is 7.12. The molecule has 0 rings (SSSR count). The fourth-order valence-electron chi connectivity index (χ4n) is 0.538. The predicted molar refractivity (Wildman–Crippen MR) is 35.8 cm³/mol. The van der Waals surface area contributed by atoms with Crippen LogP contribution in [0.4, 0.5) is 8.78 Å². The quantitative estimate of drug-likeness (QED) is 0.625. The normalized spacial score (nSPS) is 13.5. The summed E-state index contributed by atoms with van der Waals surface area (Å²) in [6.45, 7) is 1.47.